The fourth-order valence-corrected chi connectivity index (χ4v) is 2.20. The number of anilines is 1. The molecule has 0 bridgehead atoms. The second-order valence-corrected chi connectivity index (χ2v) is 6.24. The van der Waals surface area contributed by atoms with Crippen LogP contribution in [0.3, 0.4) is 0 Å². The van der Waals surface area contributed by atoms with E-state index in [1.54, 1.807) is 6.07 Å². The topological polar surface area (TPSA) is 93.5 Å². The predicted molar refractivity (Wildman–Crippen MR) is 89.3 cm³/mol. The van der Waals surface area contributed by atoms with Crippen LogP contribution in [0.1, 0.15) is 25.8 Å². The van der Waals surface area contributed by atoms with Gasteiger partial charge in [0.05, 0.1) is 11.9 Å². The highest BCUT2D eigenvalue weighted by Crippen LogP contribution is 2.27. The van der Waals surface area contributed by atoms with E-state index in [1.165, 1.54) is 49.1 Å². The van der Waals surface area contributed by atoms with Gasteiger partial charge >= 0.3 is 12.3 Å². The maximum Gasteiger partial charge on any atom is 0.573 e. The lowest BCUT2D eigenvalue weighted by atomic mass is 10.1. The molecule has 2 aromatic rings. The summed E-state index contributed by atoms with van der Waals surface area (Å²) in [6.45, 7) is 2.90. The van der Waals surface area contributed by atoms with Crippen LogP contribution in [0.25, 0.3) is 0 Å². The molecule has 1 aromatic carbocycles. The van der Waals surface area contributed by atoms with Crippen LogP contribution >= 0.6 is 0 Å². The third-order valence-electron chi connectivity index (χ3n) is 3.78. The van der Waals surface area contributed by atoms with Crippen LogP contribution in [-0.2, 0) is 21.5 Å². The summed E-state index contributed by atoms with van der Waals surface area (Å²) in [6, 6.07) is 5.58. The standard InChI is InChI=1S/C17H18F3N3O4/c1-16(2,15(25)26)23-10-12(9-21-23)22-14(24)8-7-11-5-3-4-6-13(11)27-17(18,19)20/h3-6,9-10H,7-8H2,1-2H3,(H,22,24)(H,25,26). The second kappa shape index (κ2) is 7.68. The van der Waals surface area contributed by atoms with Crippen LogP contribution in [0, 0.1) is 0 Å². The van der Waals surface area contributed by atoms with Crippen molar-refractivity contribution in [2.24, 2.45) is 0 Å². The number of aryl methyl sites for hydroxylation is 1. The number of carbonyl (C=O) groups excluding carboxylic acids is 1. The average Bonchev–Trinajstić information content (AvgIpc) is 3.01. The van der Waals surface area contributed by atoms with E-state index in [2.05, 4.69) is 15.2 Å². The highest BCUT2D eigenvalue weighted by atomic mass is 19.4. The zero-order valence-electron chi connectivity index (χ0n) is 14.6. The number of benzene rings is 1. The Kier molecular flexibility index (Phi) is 5.77. The Balaban J connectivity index is 1.98. The summed E-state index contributed by atoms with van der Waals surface area (Å²) in [4.78, 5) is 23.3. The van der Waals surface area contributed by atoms with Crippen molar-refractivity contribution in [1.29, 1.82) is 0 Å². The SMILES string of the molecule is CC(C)(C(=O)O)n1cc(NC(=O)CCc2ccccc2OC(F)(F)F)cn1. The summed E-state index contributed by atoms with van der Waals surface area (Å²) in [7, 11) is 0. The molecule has 0 spiro atoms. The van der Waals surface area contributed by atoms with Gasteiger partial charge in [0.1, 0.15) is 5.75 Å². The van der Waals surface area contributed by atoms with Crippen LogP contribution < -0.4 is 10.1 Å². The third-order valence-corrected chi connectivity index (χ3v) is 3.78. The maximum absolute atomic E-state index is 12.4. The molecule has 0 saturated carbocycles. The molecule has 27 heavy (non-hydrogen) atoms. The van der Waals surface area contributed by atoms with E-state index >= 15 is 0 Å². The molecule has 0 aliphatic carbocycles. The number of carboxylic acid groups (broad SMARTS) is 1. The van der Waals surface area contributed by atoms with Crippen molar-refractivity contribution in [3.8, 4) is 5.75 Å². The summed E-state index contributed by atoms with van der Waals surface area (Å²) < 4.78 is 42.4. The number of halogens is 3. The van der Waals surface area contributed by atoms with Gasteiger partial charge in [-0.15, -0.1) is 13.2 Å². The summed E-state index contributed by atoms with van der Waals surface area (Å²) in [5.41, 5.74) is -0.765. The number of carbonyl (C=O) groups is 2. The van der Waals surface area contributed by atoms with E-state index in [1.807, 2.05) is 0 Å². The van der Waals surface area contributed by atoms with Crippen LogP contribution in [-0.4, -0.2) is 33.1 Å². The highest BCUT2D eigenvalue weighted by molar-refractivity contribution is 5.90. The van der Waals surface area contributed by atoms with E-state index in [9.17, 15) is 22.8 Å². The minimum atomic E-state index is -4.82. The lowest BCUT2D eigenvalue weighted by Gasteiger charge is -2.19. The van der Waals surface area contributed by atoms with E-state index in [4.69, 9.17) is 5.11 Å². The molecule has 0 aliphatic rings. The summed E-state index contributed by atoms with van der Waals surface area (Å²) in [6.07, 6.45) is -2.21. The van der Waals surface area contributed by atoms with Crippen molar-refractivity contribution in [1.82, 2.24) is 9.78 Å². The zero-order chi connectivity index (χ0) is 20.2. The number of ether oxygens (including phenoxy) is 1. The van der Waals surface area contributed by atoms with Gasteiger partial charge in [0.15, 0.2) is 5.54 Å². The monoisotopic (exact) mass is 385 g/mol. The van der Waals surface area contributed by atoms with Crippen LogP contribution in [0.15, 0.2) is 36.7 Å². The molecule has 10 heteroatoms. The third kappa shape index (κ3) is 5.47. The number of amides is 1. The van der Waals surface area contributed by atoms with Crippen molar-refractivity contribution in [3.63, 3.8) is 0 Å². The Morgan fingerprint density at radius 3 is 2.56 bits per heavy atom. The molecule has 0 radical (unpaired) electrons. The Morgan fingerprint density at radius 1 is 1.26 bits per heavy atom. The van der Waals surface area contributed by atoms with Crippen molar-refractivity contribution >= 4 is 17.6 Å². The summed E-state index contributed by atoms with van der Waals surface area (Å²) in [5, 5.41) is 15.6. The molecule has 0 unspecified atom stereocenters. The lowest BCUT2D eigenvalue weighted by molar-refractivity contribution is -0.274. The lowest BCUT2D eigenvalue weighted by Crippen LogP contribution is -2.35. The molecule has 0 atom stereocenters. The number of alkyl halides is 3. The number of nitrogens with zero attached hydrogens (tertiary/aromatic N) is 2. The quantitative estimate of drug-likeness (QED) is 0.764. The van der Waals surface area contributed by atoms with E-state index in [-0.39, 0.29) is 29.8 Å². The molecule has 2 rings (SSSR count). The van der Waals surface area contributed by atoms with E-state index in [0.717, 1.165) is 0 Å². The normalized spacial score (nSPS) is 11.9. The number of carboxylic acids is 1. The smallest absolute Gasteiger partial charge is 0.479 e. The highest BCUT2D eigenvalue weighted by Gasteiger charge is 2.32. The summed E-state index contributed by atoms with van der Waals surface area (Å²) in [5.74, 6) is -1.90. The van der Waals surface area contributed by atoms with Gasteiger partial charge in [0.25, 0.3) is 0 Å². The first-order valence-corrected chi connectivity index (χ1v) is 7.91. The first-order valence-electron chi connectivity index (χ1n) is 7.91. The number of aromatic nitrogens is 2. The fraction of sp³-hybridized carbons (Fsp3) is 0.353. The first kappa shape index (κ1) is 20.3. The predicted octanol–water partition coefficient (Wildman–Crippen LogP) is 3.17. The largest absolute Gasteiger partial charge is 0.573 e. The van der Waals surface area contributed by atoms with Gasteiger partial charge in [-0.1, -0.05) is 18.2 Å². The van der Waals surface area contributed by atoms with Gasteiger partial charge in [-0.05, 0) is 31.9 Å². The molecule has 1 heterocycles. The Labute approximate surface area is 152 Å². The van der Waals surface area contributed by atoms with Gasteiger partial charge in [0, 0.05) is 12.6 Å². The minimum Gasteiger partial charge on any atom is -0.479 e. The Hall–Kier alpha value is -3.04. The number of para-hydroxylation sites is 1. The molecule has 0 aliphatic heterocycles. The van der Waals surface area contributed by atoms with Gasteiger partial charge in [0.2, 0.25) is 5.91 Å². The van der Waals surface area contributed by atoms with Crippen molar-refractivity contribution in [2.45, 2.75) is 38.6 Å². The molecule has 1 aromatic heterocycles. The maximum atomic E-state index is 12.4. The second-order valence-electron chi connectivity index (χ2n) is 6.24. The molecular formula is C17H18F3N3O4. The minimum absolute atomic E-state index is 0.0346. The molecule has 146 valence electrons. The number of aliphatic carboxylic acids is 1. The zero-order valence-corrected chi connectivity index (χ0v) is 14.6. The van der Waals surface area contributed by atoms with Crippen molar-refractivity contribution in [2.75, 3.05) is 5.32 Å². The van der Waals surface area contributed by atoms with Crippen LogP contribution in [0.4, 0.5) is 18.9 Å². The van der Waals surface area contributed by atoms with Crippen LogP contribution in [0.2, 0.25) is 0 Å². The Bertz CT molecular complexity index is 831. The number of hydrogen-bond donors (Lipinski definition) is 2. The number of rotatable bonds is 7. The van der Waals surface area contributed by atoms with E-state index in [0.29, 0.717) is 0 Å². The van der Waals surface area contributed by atoms with Gasteiger partial charge in [-0.2, -0.15) is 5.10 Å². The average molecular weight is 385 g/mol. The molecule has 0 saturated heterocycles. The molecule has 7 nitrogen and oxygen atoms in total. The number of nitrogens with one attached hydrogen (secondary N) is 1. The molecule has 0 fully saturated rings. The van der Waals surface area contributed by atoms with Gasteiger partial charge < -0.3 is 15.2 Å². The fourth-order valence-electron chi connectivity index (χ4n) is 2.20. The van der Waals surface area contributed by atoms with Crippen molar-refractivity contribution in [3.05, 3.63) is 42.2 Å². The molecular weight excluding hydrogens is 367 g/mol. The van der Waals surface area contributed by atoms with Gasteiger partial charge in [-0.3, -0.25) is 9.48 Å². The molecule has 1 amide bonds. The first-order chi connectivity index (χ1) is 12.5. The Morgan fingerprint density at radius 2 is 1.93 bits per heavy atom. The number of hydrogen-bond acceptors (Lipinski definition) is 4. The van der Waals surface area contributed by atoms with E-state index < -0.39 is 23.8 Å². The molecule has 2 N–H and O–H groups in total. The van der Waals surface area contributed by atoms with Crippen molar-refractivity contribution < 1.29 is 32.6 Å². The van der Waals surface area contributed by atoms with Gasteiger partial charge in [-0.25, -0.2) is 4.79 Å². The summed E-state index contributed by atoms with van der Waals surface area (Å²) >= 11 is 0. The van der Waals surface area contributed by atoms with Crippen LogP contribution in [0.5, 0.6) is 5.75 Å².